The molecule has 11 heteroatoms. The van der Waals surface area contributed by atoms with E-state index in [1.807, 2.05) is 0 Å². The molecule has 21 heavy (non-hydrogen) atoms. The second-order valence-electron chi connectivity index (χ2n) is 3.92. The molecule has 0 aliphatic rings. The summed E-state index contributed by atoms with van der Waals surface area (Å²) < 4.78 is 21.7. The van der Waals surface area contributed by atoms with Crippen molar-refractivity contribution in [3.8, 4) is 0 Å². The average molecular weight is 350 g/mol. The quantitative estimate of drug-likeness (QED) is 0.375. The van der Waals surface area contributed by atoms with Crippen LogP contribution in [0, 0.1) is 10.1 Å². The summed E-state index contributed by atoms with van der Waals surface area (Å²) in [7, 11) is 1.42. The van der Waals surface area contributed by atoms with Crippen molar-refractivity contribution >= 4 is 48.1 Å². The Bertz CT molecular complexity index is 865. The highest BCUT2D eigenvalue weighted by molar-refractivity contribution is 8.14. The van der Waals surface area contributed by atoms with Crippen LogP contribution in [0.15, 0.2) is 28.2 Å². The molecular weight excluding hydrogens is 342 g/mol. The molecule has 1 aromatic heterocycles. The summed E-state index contributed by atoms with van der Waals surface area (Å²) in [6.45, 7) is 0. The van der Waals surface area contributed by atoms with Crippen LogP contribution in [0.5, 0.6) is 0 Å². The molecular formula is C10H8ClN3O5S2. The number of aromatic nitrogens is 2. The standard InChI is InChI=1S/C10H8ClN3O5S2/c11-21(18,19)2-1-20-9-4-7-6(3-8(9)14(16)17)10(15)13-5-12-7/h3-5H,1-2H2,(H,12,13,15). The molecule has 0 unspecified atom stereocenters. The molecule has 0 spiro atoms. The maximum atomic E-state index is 11.6. The number of rotatable bonds is 5. The van der Waals surface area contributed by atoms with Crippen LogP contribution >= 0.6 is 22.4 Å². The predicted octanol–water partition coefficient (Wildman–Crippen LogP) is 1.49. The lowest BCUT2D eigenvalue weighted by molar-refractivity contribution is -0.387. The van der Waals surface area contributed by atoms with Gasteiger partial charge >= 0.3 is 0 Å². The maximum absolute atomic E-state index is 11.6. The van der Waals surface area contributed by atoms with E-state index in [0.717, 1.165) is 17.8 Å². The molecule has 8 nitrogen and oxygen atoms in total. The van der Waals surface area contributed by atoms with Crippen LogP contribution in [0.2, 0.25) is 0 Å². The second kappa shape index (κ2) is 6.00. The first-order chi connectivity index (χ1) is 9.78. The van der Waals surface area contributed by atoms with Gasteiger partial charge in [0.25, 0.3) is 11.2 Å². The monoisotopic (exact) mass is 349 g/mol. The highest BCUT2D eigenvalue weighted by atomic mass is 35.7. The number of nitro benzene ring substituents is 1. The van der Waals surface area contributed by atoms with E-state index in [0.29, 0.717) is 5.52 Å². The van der Waals surface area contributed by atoms with E-state index in [1.54, 1.807) is 0 Å². The summed E-state index contributed by atoms with van der Waals surface area (Å²) in [6, 6.07) is 2.51. The summed E-state index contributed by atoms with van der Waals surface area (Å²) in [5, 5.41) is 11.1. The van der Waals surface area contributed by atoms with Crippen LogP contribution in [0.3, 0.4) is 0 Å². The lowest BCUT2D eigenvalue weighted by atomic mass is 10.2. The zero-order valence-electron chi connectivity index (χ0n) is 10.3. The van der Waals surface area contributed by atoms with Gasteiger partial charge in [-0.3, -0.25) is 14.9 Å². The molecule has 0 aliphatic carbocycles. The van der Waals surface area contributed by atoms with E-state index in [9.17, 15) is 23.3 Å². The molecule has 112 valence electrons. The molecule has 0 amide bonds. The van der Waals surface area contributed by atoms with Crippen molar-refractivity contribution in [1.82, 2.24) is 9.97 Å². The predicted molar refractivity (Wildman–Crippen MR) is 79.4 cm³/mol. The molecule has 0 saturated carbocycles. The van der Waals surface area contributed by atoms with Crippen LogP contribution in [-0.4, -0.2) is 34.8 Å². The van der Waals surface area contributed by atoms with E-state index < -0.39 is 19.5 Å². The molecule has 1 N–H and O–H groups in total. The van der Waals surface area contributed by atoms with Crippen molar-refractivity contribution in [2.45, 2.75) is 4.90 Å². The van der Waals surface area contributed by atoms with Crippen molar-refractivity contribution in [2.24, 2.45) is 0 Å². The minimum Gasteiger partial charge on any atom is -0.313 e. The Hall–Kier alpha value is -1.65. The second-order valence-corrected chi connectivity index (χ2v) is 7.95. The Morgan fingerprint density at radius 3 is 2.76 bits per heavy atom. The third kappa shape index (κ3) is 3.93. The minimum absolute atomic E-state index is 0.0569. The minimum atomic E-state index is -3.67. The molecule has 0 bridgehead atoms. The first-order valence-corrected chi connectivity index (χ1v) is 8.95. The van der Waals surface area contributed by atoms with E-state index in [1.165, 1.54) is 12.4 Å². The number of nitro groups is 1. The zero-order valence-corrected chi connectivity index (χ0v) is 12.7. The Balaban J connectivity index is 2.44. The SMILES string of the molecule is O=c1[nH]cnc2cc(SCCS(=O)(=O)Cl)c([N+](=O)[O-])cc12. The zero-order chi connectivity index (χ0) is 15.6. The molecule has 1 aromatic carbocycles. The number of nitrogens with zero attached hydrogens (tertiary/aromatic N) is 2. The number of fused-ring (bicyclic) bond motifs is 1. The van der Waals surface area contributed by atoms with Crippen molar-refractivity contribution in [3.05, 3.63) is 38.9 Å². The number of hydrogen-bond acceptors (Lipinski definition) is 7. The Morgan fingerprint density at radius 2 is 2.14 bits per heavy atom. The van der Waals surface area contributed by atoms with Crippen LogP contribution in [-0.2, 0) is 9.05 Å². The average Bonchev–Trinajstić information content (AvgIpc) is 2.36. The van der Waals surface area contributed by atoms with E-state index in [4.69, 9.17) is 10.7 Å². The molecule has 0 atom stereocenters. The fraction of sp³-hybridized carbons (Fsp3) is 0.200. The number of thioether (sulfide) groups is 1. The third-order valence-electron chi connectivity index (χ3n) is 2.50. The van der Waals surface area contributed by atoms with Crippen molar-refractivity contribution in [2.75, 3.05) is 11.5 Å². The fourth-order valence-corrected chi connectivity index (χ4v) is 3.99. The number of nitrogens with one attached hydrogen (secondary N) is 1. The topological polar surface area (TPSA) is 123 Å². The summed E-state index contributed by atoms with van der Waals surface area (Å²) in [6.07, 6.45) is 1.19. The normalized spacial score (nSPS) is 11.7. The number of aromatic amines is 1. The fourth-order valence-electron chi connectivity index (χ4n) is 1.59. The lowest BCUT2D eigenvalue weighted by Gasteiger charge is -2.04. The van der Waals surface area contributed by atoms with Crippen molar-refractivity contribution in [1.29, 1.82) is 0 Å². The van der Waals surface area contributed by atoms with E-state index in [-0.39, 0.29) is 27.5 Å². The molecule has 0 aliphatic heterocycles. The smallest absolute Gasteiger partial charge is 0.283 e. The Labute approximate surface area is 127 Å². The molecule has 0 saturated heterocycles. The van der Waals surface area contributed by atoms with Gasteiger partial charge in [-0.15, -0.1) is 11.8 Å². The van der Waals surface area contributed by atoms with E-state index in [2.05, 4.69) is 9.97 Å². The van der Waals surface area contributed by atoms with Gasteiger partial charge in [-0.2, -0.15) is 0 Å². The van der Waals surface area contributed by atoms with Crippen molar-refractivity contribution < 1.29 is 13.3 Å². The van der Waals surface area contributed by atoms with Gasteiger partial charge in [-0.25, -0.2) is 13.4 Å². The van der Waals surface area contributed by atoms with Crippen LogP contribution in [0.25, 0.3) is 10.9 Å². The van der Waals surface area contributed by atoms with E-state index >= 15 is 0 Å². The Morgan fingerprint density at radius 1 is 1.43 bits per heavy atom. The van der Waals surface area contributed by atoms with Gasteiger partial charge in [0.2, 0.25) is 9.05 Å². The van der Waals surface area contributed by atoms with Gasteiger partial charge in [0.1, 0.15) is 0 Å². The van der Waals surface area contributed by atoms with Gasteiger partial charge < -0.3 is 4.98 Å². The van der Waals surface area contributed by atoms with Gasteiger partial charge in [-0.1, -0.05) is 0 Å². The highest BCUT2D eigenvalue weighted by Gasteiger charge is 2.18. The van der Waals surface area contributed by atoms with Crippen LogP contribution < -0.4 is 5.56 Å². The summed E-state index contributed by atoms with van der Waals surface area (Å²) >= 11 is 0.965. The largest absolute Gasteiger partial charge is 0.313 e. The van der Waals surface area contributed by atoms with Gasteiger partial charge in [-0.05, 0) is 6.07 Å². The van der Waals surface area contributed by atoms with Crippen LogP contribution in [0.1, 0.15) is 0 Å². The van der Waals surface area contributed by atoms with Crippen LogP contribution in [0.4, 0.5) is 5.69 Å². The number of halogens is 1. The summed E-state index contributed by atoms with van der Waals surface area (Å²) in [4.78, 5) is 28.5. The van der Waals surface area contributed by atoms with Gasteiger partial charge in [0.15, 0.2) is 0 Å². The number of hydrogen-bond donors (Lipinski definition) is 1. The number of H-pyrrole nitrogens is 1. The summed E-state index contributed by atoms with van der Waals surface area (Å²) in [5.74, 6) is -0.265. The first kappa shape index (κ1) is 15.7. The highest BCUT2D eigenvalue weighted by Crippen LogP contribution is 2.32. The Kier molecular flexibility index (Phi) is 4.49. The maximum Gasteiger partial charge on any atom is 0.283 e. The van der Waals surface area contributed by atoms with Gasteiger partial charge in [0, 0.05) is 22.5 Å². The molecule has 1 heterocycles. The lowest BCUT2D eigenvalue weighted by Crippen LogP contribution is -2.07. The van der Waals surface area contributed by atoms with Gasteiger partial charge in [0.05, 0.1) is 32.8 Å². The first-order valence-electron chi connectivity index (χ1n) is 5.49. The molecule has 2 aromatic rings. The molecule has 0 fully saturated rings. The molecule has 0 radical (unpaired) electrons. The molecule has 2 rings (SSSR count). The number of benzene rings is 1. The van der Waals surface area contributed by atoms with Crippen molar-refractivity contribution in [3.63, 3.8) is 0 Å². The summed E-state index contributed by atoms with van der Waals surface area (Å²) in [5.41, 5.74) is -0.471. The third-order valence-corrected chi connectivity index (χ3v) is 4.96.